The maximum atomic E-state index is 13.2. The Labute approximate surface area is 150 Å². The van der Waals surface area contributed by atoms with Gasteiger partial charge < -0.3 is 4.74 Å². The molecule has 3 rings (SSSR count). The molecule has 1 saturated carbocycles. The average molecular weight is 365 g/mol. The molecule has 3 atom stereocenters. The van der Waals surface area contributed by atoms with Gasteiger partial charge in [-0.1, -0.05) is 24.1 Å². The van der Waals surface area contributed by atoms with Crippen molar-refractivity contribution in [2.45, 2.75) is 63.5 Å². The van der Waals surface area contributed by atoms with E-state index in [2.05, 4.69) is 0 Å². The highest BCUT2D eigenvalue weighted by atomic mass is 32.2. The molecule has 1 saturated heterocycles. The molecule has 0 bridgehead atoms. The topological polar surface area (TPSA) is 63.7 Å². The first-order valence-corrected chi connectivity index (χ1v) is 10.3. The van der Waals surface area contributed by atoms with Crippen molar-refractivity contribution in [3.05, 3.63) is 29.8 Å². The fourth-order valence-corrected chi connectivity index (χ4v) is 5.69. The summed E-state index contributed by atoms with van der Waals surface area (Å²) in [5.41, 5.74) is 0.369. The molecular formula is C19H27NO4S. The first-order chi connectivity index (χ1) is 11.6. The summed E-state index contributed by atoms with van der Waals surface area (Å²) in [6.45, 7) is 7.76. The molecule has 0 radical (unpaired) electrons. The van der Waals surface area contributed by atoms with Crippen LogP contribution < -0.4 is 0 Å². The van der Waals surface area contributed by atoms with Crippen molar-refractivity contribution in [3.63, 3.8) is 0 Å². The van der Waals surface area contributed by atoms with E-state index in [1.54, 1.807) is 24.3 Å². The van der Waals surface area contributed by atoms with E-state index >= 15 is 0 Å². The van der Waals surface area contributed by atoms with Crippen LogP contribution in [-0.2, 0) is 19.6 Å². The third kappa shape index (κ3) is 3.60. The highest BCUT2D eigenvalue weighted by Gasteiger charge is 2.53. The highest BCUT2D eigenvalue weighted by Crippen LogP contribution is 2.45. The Bertz CT molecular complexity index is 749. The van der Waals surface area contributed by atoms with Gasteiger partial charge in [0.2, 0.25) is 10.0 Å². The lowest BCUT2D eigenvalue weighted by molar-refractivity contribution is -0.160. The number of esters is 1. The van der Waals surface area contributed by atoms with Crippen molar-refractivity contribution in [2.24, 2.45) is 11.8 Å². The zero-order chi connectivity index (χ0) is 18.4. The van der Waals surface area contributed by atoms with Crippen molar-refractivity contribution >= 4 is 16.0 Å². The Kier molecular flexibility index (Phi) is 4.71. The number of hydrogen-bond acceptors (Lipinski definition) is 4. The zero-order valence-corrected chi connectivity index (χ0v) is 16.2. The summed E-state index contributed by atoms with van der Waals surface area (Å²) < 4.78 is 33.3. The minimum Gasteiger partial charge on any atom is -0.459 e. The third-order valence-electron chi connectivity index (χ3n) is 5.12. The summed E-state index contributed by atoms with van der Waals surface area (Å²) in [4.78, 5) is 13.1. The molecule has 1 aromatic carbocycles. The van der Waals surface area contributed by atoms with Gasteiger partial charge in [-0.3, -0.25) is 4.79 Å². The quantitative estimate of drug-likeness (QED) is 0.772. The second-order valence-electron chi connectivity index (χ2n) is 8.22. The number of nitrogens with zero attached hydrogens (tertiary/aromatic N) is 1. The molecule has 0 spiro atoms. The van der Waals surface area contributed by atoms with Crippen LogP contribution in [0.2, 0.25) is 0 Å². The molecule has 2 fully saturated rings. The molecule has 5 nitrogen and oxygen atoms in total. The van der Waals surface area contributed by atoms with Crippen molar-refractivity contribution in [1.29, 1.82) is 0 Å². The molecule has 138 valence electrons. The van der Waals surface area contributed by atoms with Gasteiger partial charge in [0, 0.05) is 6.54 Å². The summed E-state index contributed by atoms with van der Waals surface area (Å²) in [5.74, 6) is -0.106. The van der Waals surface area contributed by atoms with E-state index < -0.39 is 27.6 Å². The average Bonchev–Trinajstić information content (AvgIpc) is 3.05. The number of hydrogen-bond donors (Lipinski definition) is 0. The summed E-state index contributed by atoms with van der Waals surface area (Å²) in [7, 11) is -3.71. The van der Waals surface area contributed by atoms with Gasteiger partial charge in [-0.25, -0.2) is 8.42 Å². The van der Waals surface area contributed by atoms with Gasteiger partial charge in [-0.2, -0.15) is 4.31 Å². The van der Waals surface area contributed by atoms with E-state index in [9.17, 15) is 13.2 Å². The predicted octanol–water partition coefficient (Wildman–Crippen LogP) is 3.13. The number of benzene rings is 1. The van der Waals surface area contributed by atoms with Crippen LogP contribution >= 0.6 is 0 Å². The number of carbonyl (C=O) groups excluding carboxylic acids is 1. The molecule has 1 heterocycles. The van der Waals surface area contributed by atoms with E-state index in [0.29, 0.717) is 6.54 Å². The highest BCUT2D eigenvalue weighted by molar-refractivity contribution is 7.89. The van der Waals surface area contributed by atoms with Crippen LogP contribution in [0.4, 0.5) is 0 Å². The van der Waals surface area contributed by atoms with Crippen LogP contribution in [0, 0.1) is 18.8 Å². The summed E-state index contributed by atoms with van der Waals surface area (Å²) in [6.07, 6.45) is 2.91. The Morgan fingerprint density at radius 1 is 1.16 bits per heavy atom. The van der Waals surface area contributed by atoms with Crippen molar-refractivity contribution < 1.29 is 17.9 Å². The molecule has 0 unspecified atom stereocenters. The maximum Gasteiger partial charge on any atom is 0.325 e. The van der Waals surface area contributed by atoms with E-state index in [1.165, 1.54) is 4.31 Å². The van der Waals surface area contributed by atoms with Crippen LogP contribution in [0.1, 0.15) is 45.6 Å². The van der Waals surface area contributed by atoms with Gasteiger partial charge in [0.25, 0.3) is 0 Å². The van der Waals surface area contributed by atoms with Crippen molar-refractivity contribution in [1.82, 2.24) is 4.31 Å². The van der Waals surface area contributed by atoms with Crippen molar-refractivity contribution in [2.75, 3.05) is 6.54 Å². The molecule has 2 aliphatic rings. The number of carbonyl (C=O) groups is 1. The number of fused-ring (bicyclic) bond motifs is 1. The molecule has 0 aromatic heterocycles. The van der Waals surface area contributed by atoms with Gasteiger partial charge in [0.05, 0.1) is 4.90 Å². The lowest BCUT2D eigenvalue weighted by Gasteiger charge is -2.29. The van der Waals surface area contributed by atoms with E-state index in [-0.39, 0.29) is 16.7 Å². The van der Waals surface area contributed by atoms with E-state index in [1.807, 2.05) is 27.7 Å². The molecular weight excluding hydrogens is 338 g/mol. The molecule has 1 aliphatic heterocycles. The summed E-state index contributed by atoms with van der Waals surface area (Å²) in [5, 5.41) is 0. The van der Waals surface area contributed by atoms with Crippen LogP contribution in [0.15, 0.2) is 29.2 Å². The van der Waals surface area contributed by atoms with Gasteiger partial charge in [0.15, 0.2) is 0 Å². The van der Waals surface area contributed by atoms with Crippen LogP contribution in [0.5, 0.6) is 0 Å². The second kappa shape index (κ2) is 6.40. The smallest absolute Gasteiger partial charge is 0.325 e. The molecule has 1 aromatic rings. The SMILES string of the molecule is Cc1ccc(S(=O)(=O)N2C[C@@H]3CCC[C@@H]3[C@H]2C(=O)OC(C)(C)C)cc1. The summed E-state index contributed by atoms with van der Waals surface area (Å²) >= 11 is 0. The third-order valence-corrected chi connectivity index (χ3v) is 6.99. The number of ether oxygens (including phenoxy) is 1. The maximum absolute atomic E-state index is 13.2. The summed E-state index contributed by atoms with van der Waals surface area (Å²) in [6, 6.07) is 6.09. The Hall–Kier alpha value is -1.40. The van der Waals surface area contributed by atoms with Crippen LogP contribution in [0.25, 0.3) is 0 Å². The molecule has 0 amide bonds. The molecule has 25 heavy (non-hydrogen) atoms. The standard InChI is InChI=1S/C19H27NO4S/c1-13-8-10-15(11-9-13)25(22,23)20-12-14-6-5-7-16(14)17(20)18(21)24-19(2,3)4/h8-11,14,16-17H,5-7,12H2,1-4H3/t14-,16-,17-/m0/s1. The van der Waals surface area contributed by atoms with Crippen LogP contribution in [-0.4, -0.2) is 36.9 Å². The number of sulfonamides is 1. The van der Waals surface area contributed by atoms with Crippen molar-refractivity contribution in [3.8, 4) is 0 Å². The normalized spacial score (nSPS) is 27.3. The minimum absolute atomic E-state index is 0.0649. The lowest BCUT2D eigenvalue weighted by Crippen LogP contribution is -2.46. The number of rotatable bonds is 3. The van der Waals surface area contributed by atoms with E-state index in [4.69, 9.17) is 4.74 Å². The van der Waals surface area contributed by atoms with Crippen LogP contribution in [0.3, 0.4) is 0 Å². The minimum atomic E-state index is -3.71. The number of aryl methyl sites for hydroxylation is 1. The zero-order valence-electron chi connectivity index (χ0n) is 15.4. The van der Waals surface area contributed by atoms with Gasteiger partial charge >= 0.3 is 5.97 Å². The Balaban J connectivity index is 1.95. The Morgan fingerprint density at radius 2 is 1.80 bits per heavy atom. The first kappa shape index (κ1) is 18.4. The lowest BCUT2D eigenvalue weighted by atomic mass is 9.94. The first-order valence-electron chi connectivity index (χ1n) is 8.91. The van der Waals surface area contributed by atoms with E-state index in [0.717, 1.165) is 24.8 Å². The van der Waals surface area contributed by atoms with Gasteiger partial charge in [-0.15, -0.1) is 0 Å². The molecule has 1 aliphatic carbocycles. The largest absolute Gasteiger partial charge is 0.459 e. The predicted molar refractivity (Wildman–Crippen MR) is 95.5 cm³/mol. The monoisotopic (exact) mass is 365 g/mol. The second-order valence-corrected chi connectivity index (χ2v) is 10.1. The van der Waals surface area contributed by atoms with Gasteiger partial charge in [-0.05, 0) is 64.5 Å². The molecule has 0 N–H and O–H groups in total. The van der Waals surface area contributed by atoms with Gasteiger partial charge in [0.1, 0.15) is 11.6 Å². The Morgan fingerprint density at radius 3 is 2.40 bits per heavy atom. The fourth-order valence-electron chi connectivity index (χ4n) is 4.01. The molecule has 6 heteroatoms. The fraction of sp³-hybridized carbons (Fsp3) is 0.632.